The number of anilines is 1. The summed E-state index contributed by atoms with van der Waals surface area (Å²) in [6, 6.07) is 14.9. The Morgan fingerprint density at radius 1 is 1.04 bits per heavy atom. The van der Waals surface area contributed by atoms with E-state index in [1.807, 2.05) is 25.1 Å². The quantitative estimate of drug-likeness (QED) is 0.512. The van der Waals surface area contributed by atoms with Crippen molar-refractivity contribution in [3.63, 3.8) is 0 Å². The van der Waals surface area contributed by atoms with E-state index >= 15 is 0 Å². The smallest absolute Gasteiger partial charge is 0.257 e. The van der Waals surface area contributed by atoms with Crippen molar-refractivity contribution in [3.8, 4) is 0 Å². The van der Waals surface area contributed by atoms with Gasteiger partial charge in [0.15, 0.2) is 5.13 Å². The molecule has 0 aliphatic heterocycles. The average Bonchev–Trinajstić information content (AvgIpc) is 2.95. The molecule has 0 aliphatic rings. The van der Waals surface area contributed by atoms with Crippen LogP contribution in [0.5, 0.6) is 0 Å². The van der Waals surface area contributed by atoms with E-state index in [9.17, 15) is 4.79 Å². The van der Waals surface area contributed by atoms with Crippen LogP contribution in [0, 0.1) is 6.92 Å². The maximum absolute atomic E-state index is 12.5. The lowest BCUT2D eigenvalue weighted by molar-refractivity contribution is 0.102. The highest BCUT2D eigenvalue weighted by atomic mass is 35.5. The minimum Gasteiger partial charge on any atom is -0.298 e. The van der Waals surface area contributed by atoms with Crippen LogP contribution in [0.25, 0.3) is 21.1 Å². The number of thiazole rings is 1. The lowest BCUT2D eigenvalue weighted by atomic mass is 10.1. The summed E-state index contributed by atoms with van der Waals surface area (Å²) in [5.41, 5.74) is 3.37. The third-order valence-corrected chi connectivity index (χ3v) is 4.83. The standard InChI is InChI=1S/C18H12ClN3OS/c1-10-2-5-14-15(8-10)24-18(21-14)22-17(23)12-3-6-13-11(9-12)4-7-16(19)20-13/h2-9H,1H3,(H,21,22,23). The molecule has 4 nitrogen and oxygen atoms in total. The van der Waals surface area contributed by atoms with Crippen LogP contribution in [-0.4, -0.2) is 15.9 Å². The number of halogens is 1. The summed E-state index contributed by atoms with van der Waals surface area (Å²) in [6.45, 7) is 2.03. The van der Waals surface area contributed by atoms with Crippen LogP contribution in [0.3, 0.4) is 0 Å². The molecule has 0 aliphatic carbocycles. The molecule has 0 radical (unpaired) electrons. The number of aromatic nitrogens is 2. The molecular formula is C18H12ClN3OS. The Kier molecular flexibility index (Phi) is 3.67. The summed E-state index contributed by atoms with van der Waals surface area (Å²) in [7, 11) is 0. The second-order valence-electron chi connectivity index (χ2n) is 5.49. The number of rotatable bonds is 2. The topological polar surface area (TPSA) is 54.9 Å². The zero-order valence-corrected chi connectivity index (χ0v) is 14.3. The van der Waals surface area contributed by atoms with Crippen LogP contribution < -0.4 is 5.32 Å². The fourth-order valence-electron chi connectivity index (χ4n) is 2.50. The number of nitrogens with zero attached hydrogens (tertiary/aromatic N) is 2. The normalized spacial score (nSPS) is 11.1. The van der Waals surface area contributed by atoms with Gasteiger partial charge in [-0.1, -0.05) is 29.0 Å². The number of hydrogen-bond donors (Lipinski definition) is 1. The monoisotopic (exact) mass is 353 g/mol. The molecule has 2 aromatic carbocycles. The number of hydrogen-bond acceptors (Lipinski definition) is 4. The maximum atomic E-state index is 12.5. The molecule has 0 unspecified atom stereocenters. The first-order chi connectivity index (χ1) is 11.6. The van der Waals surface area contributed by atoms with Crippen LogP contribution in [0.4, 0.5) is 5.13 Å². The molecular weight excluding hydrogens is 342 g/mol. The van der Waals surface area contributed by atoms with Gasteiger partial charge < -0.3 is 0 Å². The van der Waals surface area contributed by atoms with Crippen molar-refractivity contribution in [1.29, 1.82) is 0 Å². The van der Waals surface area contributed by atoms with Gasteiger partial charge in [-0.25, -0.2) is 9.97 Å². The van der Waals surface area contributed by atoms with Gasteiger partial charge in [-0.2, -0.15) is 0 Å². The molecule has 0 saturated heterocycles. The fraction of sp³-hybridized carbons (Fsp3) is 0.0556. The molecule has 0 saturated carbocycles. The van der Waals surface area contributed by atoms with Crippen molar-refractivity contribution >= 4 is 55.1 Å². The molecule has 0 bridgehead atoms. The first-order valence-corrected chi connectivity index (χ1v) is 8.53. The number of pyridine rings is 1. The lowest BCUT2D eigenvalue weighted by Crippen LogP contribution is -2.11. The molecule has 1 amide bonds. The summed E-state index contributed by atoms with van der Waals surface area (Å²) >= 11 is 7.35. The Bertz CT molecular complexity index is 1090. The van der Waals surface area contributed by atoms with Gasteiger partial charge in [0.25, 0.3) is 5.91 Å². The number of carbonyl (C=O) groups is 1. The second kappa shape index (κ2) is 5.85. The third-order valence-electron chi connectivity index (χ3n) is 3.68. The second-order valence-corrected chi connectivity index (χ2v) is 6.90. The average molecular weight is 354 g/mol. The Morgan fingerprint density at radius 2 is 1.88 bits per heavy atom. The van der Waals surface area contributed by atoms with Crippen LogP contribution in [-0.2, 0) is 0 Å². The van der Waals surface area contributed by atoms with E-state index in [0.29, 0.717) is 15.8 Å². The van der Waals surface area contributed by atoms with Crippen molar-refractivity contribution in [2.24, 2.45) is 0 Å². The first-order valence-electron chi connectivity index (χ1n) is 7.33. The Morgan fingerprint density at radius 3 is 2.75 bits per heavy atom. The van der Waals surface area contributed by atoms with E-state index in [2.05, 4.69) is 21.4 Å². The molecule has 6 heteroatoms. The molecule has 2 heterocycles. The molecule has 4 aromatic rings. The van der Waals surface area contributed by atoms with Gasteiger partial charge in [-0.05, 0) is 55.0 Å². The molecule has 0 atom stereocenters. The number of nitrogens with one attached hydrogen (secondary N) is 1. The molecule has 0 spiro atoms. The largest absolute Gasteiger partial charge is 0.298 e. The van der Waals surface area contributed by atoms with Gasteiger partial charge in [0.05, 0.1) is 15.7 Å². The van der Waals surface area contributed by atoms with Crippen molar-refractivity contribution in [1.82, 2.24) is 9.97 Å². The van der Waals surface area contributed by atoms with E-state index in [-0.39, 0.29) is 5.91 Å². The summed E-state index contributed by atoms with van der Waals surface area (Å²) in [4.78, 5) is 21.1. The van der Waals surface area contributed by atoms with Gasteiger partial charge in [0.2, 0.25) is 0 Å². The minimum absolute atomic E-state index is 0.192. The van der Waals surface area contributed by atoms with Gasteiger partial charge in [-0.15, -0.1) is 0 Å². The van der Waals surface area contributed by atoms with Crippen LogP contribution in [0.1, 0.15) is 15.9 Å². The molecule has 1 N–H and O–H groups in total. The summed E-state index contributed by atoms with van der Waals surface area (Å²) in [5, 5.41) is 4.76. The highest BCUT2D eigenvalue weighted by Crippen LogP contribution is 2.27. The number of carbonyl (C=O) groups excluding carboxylic acids is 1. The third kappa shape index (κ3) is 2.84. The maximum Gasteiger partial charge on any atom is 0.257 e. The van der Waals surface area contributed by atoms with Crippen LogP contribution >= 0.6 is 22.9 Å². The highest BCUT2D eigenvalue weighted by molar-refractivity contribution is 7.22. The van der Waals surface area contributed by atoms with Gasteiger partial charge in [0, 0.05) is 10.9 Å². The lowest BCUT2D eigenvalue weighted by Gasteiger charge is -2.03. The zero-order valence-electron chi connectivity index (χ0n) is 12.7. The van der Waals surface area contributed by atoms with E-state index in [0.717, 1.165) is 21.1 Å². The van der Waals surface area contributed by atoms with Gasteiger partial charge in [0.1, 0.15) is 5.15 Å². The molecule has 2 aromatic heterocycles. The molecule has 4 rings (SSSR count). The molecule has 24 heavy (non-hydrogen) atoms. The summed E-state index contributed by atoms with van der Waals surface area (Å²) < 4.78 is 1.06. The van der Waals surface area contributed by atoms with Crippen LogP contribution in [0.2, 0.25) is 5.15 Å². The predicted molar refractivity (Wildman–Crippen MR) is 99.1 cm³/mol. The van der Waals surface area contributed by atoms with E-state index in [4.69, 9.17) is 11.6 Å². The minimum atomic E-state index is -0.192. The highest BCUT2D eigenvalue weighted by Gasteiger charge is 2.11. The predicted octanol–water partition coefficient (Wildman–Crippen LogP) is 5.06. The van der Waals surface area contributed by atoms with E-state index < -0.39 is 0 Å². The van der Waals surface area contributed by atoms with Crippen molar-refractivity contribution in [3.05, 3.63) is 64.8 Å². The Hall–Kier alpha value is -2.50. The first kappa shape index (κ1) is 15.1. The Labute approximate surface area is 147 Å². The molecule has 0 fully saturated rings. The summed E-state index contributed by atoms with van der Waals surface area (Å²) in [5.74, 6) is -0.192. The van der Waals surface area contributed by atoms with Crippen LogP contribution in [0.15, 0.2) is 48.5 Å². The zero-order chi connectivity index (χ0) is 16.7. The number of aryl methyl sites for hydroxylation is 1. The Balaban J connectivity index is 1.63. The number of benzene rings is 2. The van der Waals surface area contributed by atoms with E-state index in [1.54, 1.807) is 24.3 Å². The number of amides is 1. The summed E-state index contributed by atoms with van der Waals surface area (Å²) in [6.07, 6.45) is 0. The molecule has 118 valence electrons. The fourth-order valence-corrected chi connectivity index (χ4v) is 3.61. The van der Waals surface area contributed by atoms with Crippen molar-refractivity contribution < 1.29 is 4.79 Å². The van der Waals surface area contributed by atoms with Crippen molar-refractivity contribution in [2.75, 3.05) is 5.32 Å². The van der Waals surface area contributed by atoms with Gasteiger partial charge >= 0.3 is 0 Å². The number of fused-ring (bicyclic) bond motifs is 2. The van der Waals surface area contributed by atoms with Gasteiger partial charge in [-0.3, -0.25) is 10.1 Å². The van der Waals surface area contributed by atoms with Crippen molar-refractivity contribution in [2.45, 2.75) is 6.92 Å². The SMILES string of the molecule is Cc1ccc2nc(NC(=O)c3ccc4nc(Cl)ccc4c3)sc2c1. The van der Waals surface area contributed by atoms with E-state index in [1.165, 1.54) is 16.9 Å².